The lowest BCUT2D eigenvalue weighted by atomic mass is 9.88. The topological polar surface area (TPSA) is 86.3 Å². The minimum Gasteiger partial charge on any atom is -0.480 e. The van der Waals surface area contributed by atoms with Gasteiger partial charge in [0.1, 0.15) is 5.54 Å². The average molecular weight is 237 g/mol. The second kappa shape index (κ2) is 4.20. The van der Waals surface area contributed by atoms with Gasteiger partial charge >= 0.3 is 5.97 Å². The maximum Gasteiger partial charge on any atom is 0.329 e. The van der Waals surface area contributed by atoms with Crippen LogP contribution in [-0.2, 0) is 4.79 Å². The predicted octanol–water partition coefficient (Wildman–Crippen LogP) is 0.879. The number of aromatic nitrogens is 2. The summed E-state index contributed by atoms with van der Waals surface area (Å²) in [6.45, 7) is 2.08. The van der Waals surface area contributed by atoms with Crippen molar-refractivity contribution in [3.63, 3.8) is 0 Å². The molecule has 1 atom stereocenters. The molecule has 1 aromatic heterocycles. The standard InChI is InChI=1S/C11H15N3O3/c1-11(10(16)17)4-2-3-5-14(11)9(15)8-6-12-13-7-8/h6-7H,2-5H2,1H3,(H,12,13)(H,16,17). The molecular formula is C11H15N3O3. The molecule has 1 fully saturated rings. The first kappa shape index (κ1) is 11.6. The van der Waals surface area contributed by atoms with E-state index in [4.69, 9.17) is 0 Å². The first-order valence-corrected chi connectivity index (χ1v) is 5.60. The number of H-pyrrole nitrogens is 1. The van der Waals surface area contributed by atoms with Crippen LogP contribution in [0.1, 0.15) is 36.5 Å². The molecule has 92 valence electrons. The van der Waals surface area contributed by atoms with Crippen LogP contribution in [0.5, 0.6) is 0 Å². The molecule has 0 radical (unpaired) electrons. The number of hydrogen-bond donors (Lipinski definition) is 2. The van der Waals surface area contributed by atoms with Crippen molar-refractivity contribution < 1.29 is 14.7 Å². The number of amides is 1. The maximum atomic E-state index is 12.2. The summed E-state index contributed by atoms with van der Waals surface area (Å²) >= 11 is 0. The number of carboxylic acid groups (broad SMARTS) is 1. The van der Waals surface area contributed by atoms with E-state index in [-0.39, 0.29) is 5.91 Å². The lowest BCUT2D eigenvalue weighted by Crippen LogP contribution is -2.57. The lowest BCUT2D eigenvalue weighted by Gasteiger charge is -2.41. The van der Waals surface area contributed by atoms with Gasteiger partial charge < -0.3 is 10.0 Å². The van der Waals surface area contributed by atoms with E-state index in [0.717, 1.165) is 12.8 Å². The molecule has 0 saturated carbocycles. The zero-order valence-corrected chi connectivity index (χ0v) is 9.64. The molecule has 0 aromatic carbocycles. The summed E-state index contributed by atoms with van der Waals surface area (Å²) in [6.07, 6.45) is 5.06. The zero-order chi connectivity index (χ0) is 12.5. The maximum absolute atomic E-state index is 12.2. The Morgan fingerprint density at radius 3 is 2.88 bits per heavy atom. The number of carbonyl (C=O) groups excluding carboxylic acids is 1. The highest BCUT2D eigenvalue weighted by Crippen LogP contribution is 2.29. The monoisotopic (exact) mass is 237 g/mol. The summed E-state index contributed by atoms with van der Waals surface area (Å²) in [5.41, 5.74) is -0.702. The van der Waals surface area contributed by atoms with Crippen LogP contribution in [0.2, 0.25) is 0 Å². The second-order valence-corrected chi connectivity index (χ2v) is 4.48. The van der Waals surface area contributed by atoms with Crippen LogP contribution in [0, 0.1) is 0 Å². The third kappa shape index (κ3) is 1.90. The molecular weight excluding hydrogens is 222 g/mol. The Hall–Kier alpha value is -1.85. The molecule has 1 aliphatic heterocycles. The number of piperidine rings is 1. The van der Waals surface area contributed by atoms with Gasteiger partial charge in [-0.05, 0) is 26.2 Å². The molecule has 1 aromatic rings. The van der Waals surface area contributed by atoms with Crippen molar-refractivity contribution >= 4 is 11.9 Å². The Kier molecular flexibility index (Phi) is 2.87. The number of rotatable bonds is 2. The molecule has 0 aliphatic carbocycles. The Morgan fingerprint density at radius 2 is 2.29 bits per heavy atom. The molecule has 2 rings (SSSR count). The smallest absolute Gasteiger partial charge is 0.329 e. The van der Waals surface area contributed by atoms with Crippen molar-refractivity contribution in [2.24, 2.45) is 0 Å². The van der Waals surface area contributed by atoms with Crippen LogP contribution in [0.3, 0.4) is 0 Å². The molecule has 6 nitrogen and oxygen atoms in total. The first-order valence-electron chi connectivity index (χ1n) is 5.60. The summed E-state index contributed by atoms with van der Waals surface area (Å²) in [5.74, 6) is -1.22. The van der Waals surface area contributed by atoms with Crippen molar-refractivity contribution in [3.05, 3.63) is 18.0 Å². The summed E-state index contributed by atoms with van der Waals surface area (Å²) in [7, 11) is 0. The number of aromatic amines is 1. The average Bonchev–Trinajstić information content (AvgIpc) is 2.82. The normalized spacial score (nSPS) is 24.6. The van der Waals surface area contributed by atoms with Gasteiger partial charge in [-0.3, -0.25) is 9.89 Å². The number of carbonyl (C=O) groups is 2. The Bertz CT molecular complexity index is 429. The summed E-state index contributed by atoms with van der Waals surface area (Å²) < 4.78 is 0. The number of hydrogen-bond acceptors (Lipinski definition) is 3. The SMILES string of the molecule is CC1(C(=O)O)CCCCN1C(=O)c1cn[nH]c1. The Balaban J connectivity index is 2.29. The molecule has 0 bridgehead atoms. The molecule has 1 aliphatic rings. The van der Waals surface area contributed by atoms with Crippen molar-refractivity contribution in [1.82, 2.24) is 15.1 Å². The Morgan fingerprint density at radius 1 is 1.53 bits per heavy atom. The fourth-order valence-electron chi connectivity index (χ4n) is 2.19. The molecule has 1 amide bonds. The third-order valence-corrected chi connectivity index (χ3v) is 3.34. The quantitative estimate of drug-likeness (QED) is 0.799. The first-order chi connectivity index (χ1) is 8.05. The largest absolute Gasteiger partial charge is 0.480 e. The van der Waals surface area contributed by atoms with Crippen LogP contribution < -0.4 is 0 Å². The molecule has 2 heterocycles. The summed E-state index contributed by atoms with van der Waals surface area (Å²) in [4.78, 5) is 25.0. The van der Waals surface area contributed by atoms with Gasteiger partial charge in [0.05, 0.1) is 11.8 Å². The highest BCUT2D eigenvalue weighted by molar-refractivity contribution is 5.97. The van der Waals surface area contributed by atoms with Gasteiger partial charge in [-0.1, -0.05) is 0 Å². The molecule has 6 heteroatoms. The molecule has 1 saturated heterocycles. The van der Waals surface area contributed by atoms with Crippen molar-refractivity contribution in [2.75, 3.05) is 6.54 Å². The van der Waals surface area contributed by atoms with Crippen molar-refractivity contribution in [2.45, 2.75) is 31.7 Å². The van der Waals surface area contributed by atoms with E-state index in [2.05, 4.69) is 10.2 Å². The Labute approximate surface area is 98.6 Å². The molecule has 1 unspecified atom stereocenters. The second-order valence-electron chi connectivity index (χ2n) is 4.48. The highest BCUT2D eigenvalue weighted by atomic mass is 16.4. The van der Waals surface area contributed by atoms with E-state index in [1.54, 1.807) is 6.92 Å². The van der Waals surface area contributed by atoms with E-state index in [9.17, 15) is 14.7 Å². The fourth-order valence-corrected chi connectivity index (χ4v) is 2.19. The van der Waals surface area contributed by atoms with Crippen molar-refractivity contribution in [1.29, 1.82) is 0 Å². The van der Waals surface area contributed by atoms with Crippen LogP contribution in [0.15, 0.2) is 12.4 Å². The van der Waals surface area contributed by atoms with Gasteiger partial charge in [-0.2, -0.15) is 5.10 Å². The van der Waals surface area contributed by atoms with Crippen LogP contribution >= 0.6 is 0 Å². The predicted molar refractivity (Wildman–Crippen MR) is 59.5 cm³/mol. The number of nitrogens with one attached hydrogen (secondary N) is 1. The number of nitrogens with zero attached hydrogens (tertiary/aromatic N) is 2. The van der Waals surface area contributed by atoms with Crippen LogP contribution in [0.4, 0.5) is 0 Å². The van der Waals surface area contributed by atoms with Crippen LogP contribution in [0.25, 0.3) is 0 Å². The lowest BCUT2D eigenvalue weighted by molar-refractivity contribution is -0.150. The van der Waals surface area contributed by atoms with Crippen LogP contribution in [-0.4, -0.2) is 44.2 Å². The molecule has 17 heavy (non-hydrogen) atoms. The van der Waals surface area contributed by atoms with Gasteiger partial charge in [0.25, 0.3) is 5.91 Å². The zero-order valence-electron chi connectivity index (χ0n) is 9.64. The van der Waals surface area contributed by atoms with E-state index in [1.165, 1.54) is 17.3 Å². The molecule has 0 spiro atoms. The summed E-state index contributed by atoms with van der Waals surface area (Å²) in [5, 5.41) is 15.6. The van der Waals surface area contributed by atoms with Gasteiger partial charge in [-0.15, -0.1) is 0 Å². The minimum absolute atomic E-state index is 0.275. The van der Waals surface area contributed by atoms with Gasteiger partial charge in [0.15, 0.2) is 0 Å². The van der Waals surface area contributed by atoms with Crippen molar-refractivity contribution in [3.8, 4) is 0 Å². The summed E-state index contributed by atoms with van der Waals surface area (Å²) in [6, 6.07) is 0. The van der Waals surface area contributed by atoms with Gasteiger partial charge in [0, 0.05) is 12.7 Å². The van der Waals surface area contributed by atoms with Gasteiger partial charge in [0.2, 0.25) is 0 Å². The highest BCUT2D eigenvalue weighted by Gasteiger charge is 2.44. The van der Waals surface area contributed by atoms with E-state index in [0.29, 0.717) is 18.5 Å². The third-order valence-electron chi connectivity index (χ3n) is 3.34. The van der Waals surface area contributed by atoms with E-state index >= 15 is 0 Å². The number of likely N-dealkylation sites (tertiary alicyclic amines) is 1. The number of carboxylic acids is 1. The fraction of sp³-hybridized carbons (Fsp3) is 0.545. The number of aliphatic carboxylic acids is 1. The van der Waals surface area contributed by atoms with Gasteiger partial charge in [-0.25, -0.2) is 4.79 Å². The minimum atomic E-state index is -1.10. The van der Waals surface area contributed by atoms with E-state index in [1.807, 2.05) is 0 Å². The van der Waals surface area contributed by atoms with E-state index < -0.39 is 11.5 Å². The molecule has 2 N–H and O–H groups in total.